The molecule has 0 amide bonds. The second-order valence-corrected chi connectivity index (χ2v) is 4.85. The zero-order valence-corrected chi connectivity index (χ0v) is 11.5. The number of ether oxygens (including phenoxy) is 1. The number of nitrogens with one attached hydrogen (secondary N) is 1. The third-order valence-electron chi connectivity index (χ3n) is 3.59. The topological polar surface area (TPSA) is 44.7 Å². The van der Waals surface area contributed by atoms with Gasteiger partial charge in [-0.15, -0.1) is 0 Å². The molecule has 1 atom stereocenters. The predicted octanol–water partition coefficient (Wildman–Crippen LogP) is 2.00. The van der Waals surface area contributed by atoms with Crippen LogP contribution in [-0.4, -0.2) is 49.7 Å². The van der Waals surface area contributed by atoms with Crippen LogP contribution in [0, 0.1) is 0 Å². The van der Waals surface area contributed by atoms with E-state index in [0.29, 0.717) is 24.4 Å². The first-order valence-corrected chi connectivity index (χ1v) is 6.71. The predicted molar refractivity (Wildman–Crippen MR) is 72.5 cm³/mol. The lowest BCUT2D eigenvalue weighted by Gasteiger charge is -2.35. The lowest BCUT2D eigenvalue weighted by molar-refractivity contribution is 0.0729. The minimum absolute atomic E-state index is 0.0370. The molecule has 1 fully saturated rings. The third-order valence-corrected chi connectivity index (χ3v) is 3.59. The highest BCUT2D eigenvalue weighted by Gasteiger charge is 2.27. The summed E-state index contributed by atoms with van der Waals surface area (Å²) in [6.45, 7) is 2.91. The van der Waals surface area contributed by atoms with E-state index in [4.69, 9.17) is 4.74 Å². The van der Waals surface area contributed by atoms with Crippen LogP contribution < -0.4 is 10.1 Å². The second-order valence-electron chi connectivity index (χ2n) is 4.85. The number of aromatic hydroxyl groups is 1. The first-order chi connectivity index (χ1) is 9.61. The highest BCUT2D eigenvalue weighted by atomic mass is 19.3. The molecule has 0 bridgehead atoms. The molecule has 0 aromatic heterocycles. The van der Waals surface area contributed by atoms with Crippen LogP contribution in [0.15, 0.2) is 18.2 Å². The summed E-state index contributed by atoms with van der Waals surface area (Å²) in [6, 6.07) is 4.27. The van der Waals surface area contributed by atoms with E-state index < -0.39 is 12.5 Å². The zero-order valence-electron chi connectivity index (χ0n) is 11.5. The molecule has 20 heavy (non-hydrogen) atoms. The fourth-order valence-electron chi connectivity index (χ4n) is 2.56. The molecule has 1 aromatic carbocycles. The normalized spacial score (nSPS) is 18.2. The van der Waals surface area contributed by atoms with Crippen molar-refractivity contribution in [2.75, 3.05) is 33.3 Å². The van der Waals surface area contributed by atoms with Gasteiger partial charge in [0, 0.05) is 44.2 Å². The van der Waals surface area contributed by atoms with Crippen LogP contribution >= 0.6 is 0 Å². The Morgan fingerprint density at radius 1 is 1.35 bits per heavy atom. The van der Waals surface area contributed by atoms with Gasteiger partial charge in [-0.2, -0.15) is 0 Å². The summed E-state index contributed by atoms with van der Waals surface area (Å²) in [5, 5.41) is 13.2. The number of piperazine rings is 1. The van der Waals surface area contributed by atoms with E-state index in [1.807, 2.05) is 4.90 Å². The second kappa shape index (κ2) is 6.85. The molecule has 0 saturated carbocycles. The maximum atomic E-state index is 12.9. The van der Waals surface area contributed by atoms with Crippen LogP contribution in [-0.2, 0) is 0 Å². The maximum absolute atomic E-state index is 12.9. The van der Waals surface area contributed by atoms with Crippen molar-refractivity contribution >= 4 is 0 Å². The summed E-state index contributed by atoms with van der Waals surface area (Å²) >= 11 is 0. The molecule has 1 aliphatic heterocycles. The average molecular weight is 286 g/mol. The van der Waals surface area contributed by atoms with E-state index in [1.165, 1.54) is 13.2 Å². The van der Waals surface area contributed by atoms with Crippen molar-refractivity contribution in [3.05, 3.63) is 23.8 Å². The van der Waals surface area contributed by atoms with Crippen LogP contribution in [0.25, 0.3) is 0 Å². The number of hydrogen-bond donors (Lipinski definition) is 2. The minimum Gasteiger partial charge on any atom is -0.508 e. The molecule has 2 rings (SSSR count). The van der Waals surface area contributed by atoms with Gasteiger partial charge in [0.25, 0.3) is 0 Å². The first-order valence-electron chi connectivity index (χ1n) is 6.71. The Bertz CT molecular complexity index is 437. The van der Waals surface area contributed by atoms with Gasteiger partial charge >= 0.3 is 0 Å². The highest BCUT2D eigenvalue weighted by Crippen LogP contribution is 2.35. The van der Waals surface area contributed by atoms with Crippen LogP contribution in [0.3, 0.4) is 0 Å². The summed E-state index contributed by atoms with van der Waals surface area (Å²) in [4.78, 5) is 1.98. The lowest BCUT2D eigenvalue weighted by atomic mass is 10.00. The van der Waals surface area contributed by atoms with Crippen molar-refractivity contribution in [3.8, 4) is 11.5 Å². The summed E-state index contributed by atoms with van der Waals surface area (Å²) in [7, 11) is 1.52. The maximum Gasteiger partial charge on any atom is 0.240 e. The van der Waals surface area contributed by atoms with Gasteiger partial charge in [-0.25, -0.2) is 8.78 Å². The fourth-order valence-corrected chi connectivity index (χ4v) is 2.56. The molecule has 2 N–H and O–H groups in total. The van der Waals surface area contributed by atoms with Crippen molar-refractivity contribution in [2.45, 2.75) is 18.9 Å². The van der Waals surface area contributed by atoms with Crippen molar-refractivity contribution in [2.24, 2.45) is 0 Å². The smallest absolute Gasteiger partial charge is 0.240 e. The molecule has 6 heteroatoms. The Morgan fingerprint density at radius 2 is 2.05 bits per heavy atom. The van der Waals surface area contributed by atoms with Gasteiger partial charge in [0.15, 0.2) is 0 Å². The Kier molecular flexibility index (Phi) is 5.14. The van der Waals surface area contributed by atoms with E-state index in [2.05, 4.69) is 5.32 Å². The number of halogens is 2. The quantitative estimate of drug-likeness (QED) is 0.869. The van der Waals surface area contributed by atoms with Gasteiger partial charge in [-0.05, 0) is 18.2 Å². The first kappa shape index (κ1) is 15.0. The molecule has 1 aromatic rings. The van der Waals surface area contributed by atoms with E-state index in [1.54, 1.807) is 12.1 Å². The molecular formula is C14H20F2N2O2. The Balaban J connectivity index is 2.29. The molecule has 0 radical (unpaired) electrons. The molecule has 1 heterocycles. The molecular weight excluding hydrogens is 266 g/mol. The fraction of sp³-hybridized carbons (Fsp3) is 0.571. The highest BCUT2D eigenvalue weighted by molar-refractivity contribution is 5.41. The molecule has 1 saturated heterocycles. The van der Waals surface area contributed by atoms with Gasteiger partial charge < -0.3 is 15.2 Å². The Labute approximate surface area is 117 Å². The standard InChI is InChI=1S/C14H20F2N2O2/c1-20-10-2-3-13(19)11(8-10)12(9-14(15)16)18-6-4-17-5-7-18/h2-3,8,12,14,17,19H,4-7,9H2,1H3/t12-/m0/s1. The van der Waals surface area contributed by atoms with Gasteiger partial charge in [-0.3, -0.25) is 4.90 Å². The molecule has 4 nitrogen and oxygen atoms in total. The lowest BCUT2D eigenvalue weighted by Crippen LogP contribution is -2.45. The van der Waals surface area contributed by atoms with Crippen molar-refractivity contribution in [3.63, 3.8) is 0 Å². The van der Waals surface area contributed by atoms with Crippen LogP contribution in [0.2, 0.25) is 0 Å². The molecule has 0 aliphatic carbocycles. The number of phenols is 1. The molecule has 0 unspecified atom stereocenters. The molecule has 112 valence electrons. The summed E-state index contributed by atoms with van der Waals surface area (Å²) in [5.74, 6) is 0.599. The number of rotatable bonds is 5. The van der Waals surface area contributed by atoms with Crippen LogP contribution in [0.1, 0.15) is 18.0 Å². The van der Waals surface area contributed by atoms with Crippen LogP contribution in [0.4, 0.5) is 8.78 Å². The van der Waals surface area contributed by atoms with Crippen molar-refractivity contribution < 1.29 is 18.6 Å². The number of alkyl halides is 2. The number of benzene rings is 1. The van der Waals surface area contributed by atoms with Gasteiger partial charge in [0.05, 0.1) is 7.11 Å². The van der Waals surface area contributed by atoms with E-state index in [0.717, 1.165) is 13.1 Å². The minimum atomic E-state index is -2.42. The van der Waals surface area contributed by atoms with Crippen molar-refractivity contribution in [1.29, 1.82) is 0 Å². The SMILES string of the molecule is COc1ccc(O)c([C@H](CC(F)F)N2CCNCC2)c1. The van der Waals surface area contributed by atoms with Crippen LogP contribution in [0.5, 0.6) is 11.5 Å². The van der Waals surface area contributed by atoms with Gasteiger partial charge in [0.2, 0.25) is 6.43 Å². The number of nitrogens with zero attached hydrogens (tertiary/aromatic N) is 1. The van der Waals surface area contributed by atoms with Gasteiger partial charge in [-0.1, -0.05) is 0 Å². The Morgan fingerprint density at radius 3 is 2.65 bits per heavy atom. The monoisotopic (exact) mass is 286 g/mol. The summed E-state index contributed by atoms with van der Waals surface area (Å²) < 4.78 is 30.9. The number of methoxy groups -OCH3 is 1. The number of phenolic OH excluding ortho intramolecular Hbond substituents is 1. The summed E-state index contributed by atoms with van der Waals surface area (Å²) in [5.41, 5.74) is 0.506. The largest absolute Gasteiger partial charge is 0.508 e. The molecule has 0 spiro atoms. The zero-order chi connectivity index (χ0) is 14.5. The average Bonchev–Trinajstić information content (AvgIpc) is 2.46. The van der Waals surface area contributed by atoms with Crippen molar-refractivity contribution in [1.82, 2.24) is 10.2 Å². The number of hydrogen-bond acceptors (Lipinski definition) is 4. The summed E-state index contributed by atoms with van der Waals surface area (Å²) in [6.07, 6.45) is -2.71. The van der Waals surface area contributed by atoms with E-state index in [9.17, 15) is 13.9 Å². The third kappa shape index (κ3) is 3.58. The van der Waals surface area contributed by atoms with E-state index in [-0.39, 0.29) is 12.2 Å². The van der Waals surface area contributed by atoms with E-state index >= 15 is 0 Å². The Hall–Kier alpha value is -1.40. The van der Waals surface area contributed by atoms with Gasteiger partial charge in [0.1, 0.15) is 11.5 Å². The molecule has 1 aliphatic rings.